The molecule has 0 atom stereocenters. The minimum Gasteiger partial charge on any atom is -0.478 e. The van der Waals surface area contributed by atoms with E-state index in [1.54, 1.807) is 0 Å². The molecule has 0 aliphatic heterocycles. The van der Waals surface area contributed by atoms with Gasteiger partial charge in [-0.1, -0.05) is 34.8 Å². The number of alkyl halides is 3. The van der Waals surface area contributed by atoms with Crippen molar-refractivity contribution in [3.05, 3.63) is 29.6 Å². The van der Waals surface area contributed by atoms with Crippen molar-refractivity contribution in [2.75, 3.05) is 0 Å². The first-order chi connectivity index (χ1) is 6.40. The maximum Gasteiger partial charge on any atom is 0.336 e. The molecule has 1 aromatic rings. The molecule has 0 aliphatic rings. The Morgan fingerprint density at radius 2 is 2.14 bits per heavy atom. The average Bonchev–Trinajstić information content (AvgIpc) is 2.01. The molecule has 14 heavy (non-hydrogen) atoms. The zero-order valence-corrected chi connectivity index (χ0v) is 9.14. The Kier molecular flexibility index (Phi) is 3.59. The van der Waals surface area contributed by atoms with E-state index < -0.39 is 9.76 Å². The van der Waals surface area contributed by atoms with Crippen LogP contribution < -0.4 is 0 Å². The van der Waals surface area contributed by atoms with Gasteiger partial charge in [-0.15, -0.1) is 0 Å². The molecule has 6 heteroatoms. The van der Waals surface area contributed by atoms with E-state index in [9.17, 15) is 4.79 Å². The van der Waals surface area contributed by atoms with Crippen LogP contribution in [0.15, 0.2) is 18.5 Å². The highest BCUT2D eigenvalue weighted by molar-refractivity contribution is 6.67. The highest BCUT2D eigenvalue weighted by atomic mass is 35.6. The summed E-state index contributed by atoms with van der Waals surface area (Å²) in [4.78, 5) is 14.5. The Morgan fingerprint density at radius 1 is 1.50 bits per heavy atom. The Hall–Kier alpha value is -0.510. The summed E-state index contributed by atoms with van der Waals surface area (Å²) >= 11 is 16.7. The summed E-state index contributed by atoms with van der Waals surface area (Å²) in [5.41, 5.74) is 0.506. The van der Waals surface area contributed by atoms with Crippen molar-refractivity contribution < 1.29 is 9.90 Å². The van der Waals surface area contributed by atoms with Gasteiger partial charge in [0.1, 0.15) is 0 Å². The zero-order chi connectivity index (χ0) is 10.8. The lowest BCUT2D eigenvalue weighted by Crippen LogP contribution is -2.11. The van der Waals surface area contributed by atoms with Crippen molar-refractivity contribution in [1.29, 1.82) is 0 Å². The molecule has 76 valence electrons. The highest BCUT2D eigenvalue weighted by Crippen LogP contribution is 2.31. The molecule has 0 bridgehead atoms. The van der Waals surface area contributed by atoms with Crippen molar-refractivity contribution in [1.82, 2.24) is 4.98 Å². The molecule has 0 spiro atoms. The van der Waals surface area contributed by atoms with Crippen LogP contribution >= 0.6 is 34.8 Å². The van der Waals surface area contributed by atoms with Crippen LogP contribution in [0, 0.1) is 0 Å². The van der Waals surface area contributed by atoms with Gasteiger partial charge in [-0.2, -0.15) is 0 Å². The minimum atomic E-state index is -1.51. The van der Waals surface area contributed by atoms with Gasteiger partial charge in [0.25, 0.3) is 0 Å². The van der Waals surface area contributed by atoms with Crippen molar-refractivity contribution in [2.24, 2.45) is 0 Å². The van der Waals surface area contributed by atoms with Gasteiger partial charge >= 0.3 is 5.97 Å². The summed E-state index contributed by atoms with van der Waals surface area (Å²) in [6, 6.07) is 1.37. The molecule has 0 aromatic carbocycles. The Labute approximate surface area is 95.6 Å². The van der Waals surface area contributed by atoms with E-state index in [-0.39, 0.29) is 12.0 Å². The van der Waals surface area contributed by atoms with E-state index in [1.807, 2.05) is 0 Å². The summed E-state index contributed by atoms with van der Waals surface area (Å²) in [7, 11) is 0. The number of pyridine rings is 1. The summed E-state index contributed by atoms with van der Waals surface area (Å²) < 4.78 is -1.51. The molecular weight excluding hydrogens is 248 g/mol. The van der Waals surface area contributed by atoms with Crippen LogP contribution in [0.3, 0.4) is 0 Å². The smallest absolute Gasteiger partial charge is 0.336 e. The molecule has 1 aromatic heterocycles. The number of hydrogen-bond acceptors (Lipinski definition) is 2. The molecule has 0 fully saturated rings. The van der Waals surface area contributed by atoms with Crippen LogP contribution in [0.4, 0.5) is 0 Å². The van der Waals surface area contributed by atoms with Gasteiger partial charge in [-0.05, 0) is 11.6 Å². The Bertz CT molecular complexity index is 349. The Balaban J connectivity index is 3.02. The van der Waals surface area contributed by atoms with Gasteiger partial charge in [-0.3, -0.25) is 4.98 Å². The third-order valence-corrected chi connectivity index (χ3v) is 1.93. The first kappa shape index (κ1) is 11.6. The highest BCUT2D eigenvalue weighted by Gasteiger charge is 2.23. The predicted molar refractivity (Wildman–Crippen MR) is 55.2 cm³/mol. The largest absolute Gasteiger partial charge is 0.478 e. The lowest BCUT2D eigenvalue weighted by atomic mass is 10.1. The fourth-order valence-electron chi connectivity index (χ4n) is 0.993. The number of carboxylic acids is 1. The molecular formula is C8H6Cl3NO2. The van der Waals surface area contributed by atoms with E-state index in [0.29, 0.717) is 5.56 Å². The summed E-state index contributed by atoms with van der Waals surface area (Å²) in [5, 5.41) is 8.81. The standard InChI is InChI=1S/C8H6Cl3NO2/c9-8(10,11)3-5-4-12-2-1-6(5)7(13)14/h1-2,4H,3H2,(H,13,14). The first-order valence-corrected chi connectivity index (χ1v) is 4.76. The fraction of sp³-hybridized carbons (Fsp3) is 0.250. The van der Waals surface area contributed by atoms with Gasteiger partial charge in [0.15, 0.2) is 3.79 Å². The number of hydrogen-bond donors (Lipinski definition) is 1. The van der Waals surface area contributed by atoms with Gasteiger partial charge in [0.2, 0.25) is 0 Å². The normalized spacial score (nSPS) is 11.4. The van der Waals surface area contributed by atoms with Gasteiger partial charge < -0.3 is 5.11 Å². The predicted octanol–water partition coefficient (Wildman–Crippen LogP) is 2.69. The first-order valence-electron chi connectivity index (χ1n) is 3.63. The molecule has 0 saturated heterocycles. The van der Waals surface area contributed by atoms with Crippen LogP contribution in [0.2, 0.25) is 0 Å². The molecule has 0 unspecified atom stereocenters. The second-order valence-electron chi connectivity index (χ2n) is 2.63. The summed E-state index contributed by atoms with van der Waals surface area (Å²) in [6.07, 6.45) is 2.78. The number of aromatic nitrogens is 1. The van der Waals surface area contributed by atoms with E-state index in [4.69, 9.17) is 39.9 Å². The fourth-order valence-corrected chi connectivity index (χ4v) is 1.42. The van der Waals surface area contributed by atoms with E-state index in [0.717, 1.165) is 0 Å². The van der Waals surface area contributed by atoms with Crippen LogP contribution in [0.25, 0.3) is 0 Å². The van der Waals surface area contributed by atoms with Crippen molar-refractivity contribution in [3.63, 3.8) is 0 Å². The van der Waals surface area contributed by atoms with E-state index in [2.05, 4.69) is 4.98 Å². The second kappa shape index (κ2) is 4.34. The van der Waals surface area contributed by atoms with Crippen LogP contribution in [-0.2, 0) is 6.42 Å². The summed E-state index contributed by atoms with van der Waals surface area (Å²) in [5.74, 6) is -1.06. The van der Waals surface area contributed by atoms with E-state index >= 15 is 0 Å². The summed E-state index contributed by atoms with van der Waals surface area (Å²) in [6.45, 7) is 0. The molecule has 0 radical (unpaired) electrons. The number of nitrogens with zero attached hydrogens (tertiary/aromatic N) is 1. The zero-order valence-electron chi connectivity index (χ0n) is 6.88. The number of aromatic carboxylic acids is 1. The average molecular weight is 254 g/mol. The lowest BCUT2D eigenvalue weighted by Gasteiger charge is -2.11. The van der Waals surface area contributed by atoms with Crippen molar-refractivity contribution in [3.8, 4) is 0 Å². The van der Waals surface area contributed by atoms with Crippen LogP contribution in [-0.4, -0.2) is 19.9 Å². The number of rotatable bonds is 2. The number of carbonyl (C=O) groups is 1. The minimum absolute atomic E-state index is 0.0210. The number of carboxylic acid groups (broad SMARTS) is 1. The van der Waals surface area contributed by atoms with Gasteiger partial charge in [-0.25, -0.2) is 4.79 Å². The molecule has 0 aliphatic carbocycles. The van der Waals surface area contributed by atoms with Gasteiger partial charge in [0.05, 0.1) is 5.56 Å². The molecule has 3 nitrogen and oxygen atoms in total. The SMILES string of the molecule is O=C(O)c1ccncc1CC(Cl)(Cl)Cl. The lowest BCUT2D eigenvalue weighted by molar-refractivity contribution is 0.0695. The molecule has 1 N–H and O–H groups in total. The van der Waals surface area contributed by atoms with Crippen molar-refractivity contribution >= 4 is 40.8 Å². The third-order valence-electron chi connectivity index (χ3n) is 1.52. The van der Waals surface area contributed by atoms with Crippen LogP contribution in [0.1, 0.15) is 15.9 Å². The maximum absolute atomic E-state index is 10.8. The monoisotopic (exact) mass is 253 g/mol. The topological polar surface area (TPSA) is 50.2 Å². The second-order valence-corrected chi connectivity index (χ2v) is 5.15. The molecule has 1 rings (SSSR count). The van der Waals surface area contributed by atoms with Crippen molar-refractivity contribution in [2.45, 2.75) is 10.2 Å². The molecule has 0 amide bonds. The number of halogens is 3. The quantitative estimate of drug-likeness (QED) is 0.826. The Morgan fingerprint density at radius 3 is 2.64 bits per heavy atom. The molecule has 1 heterocycles. The van der Waals surface area contributed by atoms with Crippen LogP contribution in [0.5, 0.6) is 0 Å². The van der Waals surface area contributed by atoms with Gasteiger partial charge in [0, 0.05) is 18.8 Å². The van der Waals surface area contributed by atoms with E-state index in [1.165, 1.54) is 18.5 Å². The molecule has 0 saturated carbocycles. The third kappa shape index (κ3) is 3.33. The maximum atomic E-state index is 10.8.